The Morgan fingerprint density at radius 2 is 2.05 bits per heavy atom. The number of aryl methyl sites for hydroxylation is 1. The van der Waals surface area contributed by atoms with Crippen LogP contribution in [0.1, 0.15) is 22.5 Å². The summed E-state index contributed by atoms with van der Waals surface area (Å²) < 4.78 is 5.17. The number of aromatic amines is 1. The van der Waals surface area contributed by atoms with Gasteiger partial charge >= 0.3 is 0 Å². The largest absolute Gasteiger partial charge is 0.497 e. The summed E-state index contributed by atoms with van der Waals surface area (Å²) in [5.41, 5.74) is 11.7. The van der Waals surface area contributed by atoms with Gasteiger partial charge in [-0.25, -0.2) is 0 Å². The highest BCUT2D eigenvalue weighted by Gasteiger charge is 2.25. The summed E-state index contributed by atoms with van der Waals surface area (Å²) in [6, 6.07) is 5.54. The molecule has 1 aliphatic rings. The van der Waals surface area contributed by atoms with Crippen LogP contribution >= 0.6 is 0 Å². The number of fused-ring (bicyclic) bond motifs is 1. The van der Waals surface area contributed by atoms with Crippen molar-refractivity contribution < 1.29 is 9.53 Å². The predicted molar refractivity (Wildman–Crippen MR) is 84.2 cm³/mol. The van der Waals surface area contributed by atoms with Crippen LogP contribution in [0.5, 0.6) is 5.75 Å². The number of carbonyl (C=O) groups excluding carboxylic acids is 1. The van der Waals surface area contributed by atoms with Gasteiger partial charge in [0.1, 0.15) is 5.75 Å². The van der Waals surface area contributed by atoms with Crippen molar-refractivity contribution in [2.75, 3.05) is 18.2 Å². The Hall–Kier alpha value is -2.69. The van der Waals surface area contributed by atoms with Crippen molar-refractivity contribution >= 4 is 28.9 Å². The van der Waals surface area contributed by atoms with Gasteiger partial charge in [-0.2, -0.15) is 0 Å². The highest BCUT2D eigenvalue weighted by molar-refractivity contribution is 6.35. The van der Waals surface area contributed by atoms with Crippen molar-refractivity contribution in [3.8, 4) is 5.75 Å². The van der Waals surface area contributed by atoms with Crippen molar-refractivity contribution in [1.29, 1.82) is 0 Å². The second-order valence-corrected chi connectivity index (χ2v) is 5.13. The maximum atomic E-state index is 12.2. The molecule has 0 aliphatic carbocycles. The lowest BCUT2D eigenvalue weighted by molar-refractivity contribution is -0.110. The lowest BCUT2D eigenvalue weighted by atomic mass is 10.0. The van der Waals surface area contributed by atoms with Crippen LogP contribution in [0.15, 0.2) is 18.2 Å². The summed E-state index contributed by atoms with van der Waals surface area (Å²) in [5, 5.41) is 2.85. The molecule has 0 spiro atoms. The quantitative estimate of drug-likeness (QED) is 0.741. The number of anilines is 2. The summed E-state index contributed by atoms with van der Waals surface area (Å²) in [5.74, 6) is 0.593. The smallest absolute Gasteiger partial charge is 0.256 e. The first-order chi connectivity index (χ1) is 10.0. The molecule has 0 saturated heterocycles. The predicted octanol–water partition coefficient (Wildman–Crippen LogP) is 2.72. The third-order valence-electron chi connectivity index (χ3n) is 3.83. The van der Waals surface area contributed by atoms with E-state index in [1.807, 2.05) is 38.1 Å². The fourth-order valence-corrected chi connectivity index (χ4v) is 2.52. The molecule has 0 unspecified atom stereocenters. The van der Waals surface area contributed by atoms with Crippen molar-refractivity contribution in [2.45, 2.75) is 13.8 Å². The van der Waals surface area contributed by atoms with Gasteiger partial charge in [-0.3, -0.25) is 4.79 Å². The fourth-order valence-electron chi connectivity index (χ4n) is 2.52. The molecule has 1 aromatic carbocycles. The second kappa shape index (κ2) is 4.70. The van der Waals surface area contributed by atoms with Crippen LogP contribution in [-0.2, 0) is 4.79 Å². The molecular weight excluding hydrogens is 266 g/mol. The summed E-state index contributed by atoms with van der Waals surface area (Å²) in [6.45, 7) is 3.85. The van der Waals surface area contributed by atoms with Gasteiger partial charge < -0.3 is 20.8 Å². The third kappa shape index (κ3) is 2.07. The Balaban J connectivity index is 2.10. The van der Waals surface area contributed by atoms with E-state index < -0.39 is 0 Å². The minimum Gasteiger partial charge on any atom is -0.497 e. The average molecular weight is 283 g/mol. The van der Waals surface area contributed by atoms with E-state index >= 15 is 0 Å². The number of carbonyl (C=O) groups is 1. The molecule has 5 heteroatoms. The van der Waals surface area contributed by atoms with Crippen LogP contribution in [0.4, 0.5) is 11.4 Å². The summed E-state index contributed by atoms with van der Waals surface area (Å²) in [6.07, 6.45) is 1.84. The summed E-state index contributed by atoms with van der Waals surface area (Å²) in [7, 11) is 1.60. The van der Waals surface area contributed by atoms with E-state index in [0.29, 0.717) is 11.3 Å². The molecule has 0 fully saturated rings. The van der Waals surface area contributed by atoms with Crippen molar-refractivity contribution in [3.05, 3.63) is 40.7 Å². The maximum absolute atomic E-state index is 12.2. The van der Waals surface area contributed by atoms with Crippen molar-refractivity contribution in [2.24, 2.45) is 0 Å². The molecule has 21 heavy (non-hydrogen) atoms. The Morgan fingerprint density at radius 1 is 1.29 bits per heavy atom. The zero-order valence-corrected chi connectivity index (χ0v) is 12.2. The SMILES string of the molecule is COc1ccc2c(c1)NC(=O)/C2=C\c1[nH]c(C)c(N)c1C. The molecule has 0 atom stereocenters. The summed E-state index contributed by atoms with van der Waals surface area (Å²) in [4.78, 5) is 15.4. The van der Waals surface area contributed by atoms with Gasteiger partial charge in [0, 0.05) is 23.0 Å². The van der Waals surface area contributed by atoms with Crippen LogP contribution in [-0.4, -0.2) is 18.0 Å². The number of hydrogen-bond donors (Lipinski definition) is 3. The number of amides is 1. The number of nitrogens with one attached hydrogen (secondary N) is 2. The van der Waals surface area contributed by atoms with Crippen LogP contribution in [0, 0.1) is 13.8 Å². The molecule has 0 bridgehead atoms. The normalized spacial score (nSPS) is 15.2. The first kappa shape index (κ1) is 13.3. The number of nitrogen functional groups attached to an aromatic ring is 1. The monoisotopic (exact) mass is 283 g/mol. The van der Waals surface area contributed by atoms with Gasteiger partial charge in [0.05, 0.1) is 24.1 Å². The Labute approximate surface area is 122 Å². The Morgan fingerprint density at radius 3 is 2.67 bits per heavy atom. The second-order valence-electron chi connectivity index (χ2n) is 5.13. The molecule has 0 radical (unpaired) electrons. The number of aromatic nitrogens is 1. The van der Waals surface area contributed by atoms with E-state index in [2.05, 4.69) is 10.3 Å². The maximum Gasteiger partial charge on any atom is 0.256 e. The van der Waals surface area contributed by atoms with Gasteiger partial charge in [0.2, 0.25) is 0 Å². The minimum absolute atomic E-state index is 0.122. The molecule has 4 N–H and O–H groups in total. The van der Waals surface area contributed by atoms with E-state index in [0.717, 1.165) is 33.9 Å². The molecule has 1 amide bonds. The molecule has 108 valence electrons. The molecule has 0 saturated carbocycles. The molecule has 2 heterocycles. The minimum atomic E-state index is -0.122. The fraction of sp³-hybridized carbons (Fsp3) is 0.188. The van der Waals surface area contributed by atoms with Crippen molar-refractivity contribution in [1.82, 2.24) is 4.98 Å². The van der Waals surface area contributed by atoms with Gasteiger partial charge in [-0.15, -0.1) is 0 Å². The number of methoxy groups -OCH3 is 1. The number of H-pyrrole nitrogens is 1. The number of rotatable bonds is 2. The van der Waals surface area contributed by atoms with E-state index in [9.17, 15) is 4.79 Å². The van der Waals surface area contributed by atoms with Crippen molar-refractivity contribution in [3.63, 3.8) is 0 Å². The first-order valence-electron chi connectivity index (χ1n) is 6.67. The molecule has 5 nitrogen and oxygen atoms in total. The number of nitrogens with two attached hydrogens (primary N) is 1. The molecule has 3 rings (SSSR count). The standard InChI is InChI=1S/C16H17N3O2/c1-8-13(18-9(2)15(8)17)7-12-11-5-4-10(21-3)6-14(11)19-16(12)20/h4-7,18H,17H2,1-3H3,(H,19,20)/b12-7-. The lowest BCUT2D eigenvalue weighted by Gasteiger charge is -2.02. The summed E-state index contributed by atoms with van der Waals surface area (Å²) >= 11 is 0. The molecule has 1 aromatic heterocycles. The Kier molecular flexibility index (Phi) is 2.97. The van der Waals surface area contributed by atoms with Crippen LogP contribution < -0.4 is 15.8 Å². The molecule has 2 aromatic rings. The van der Waals surface area contributed by atoms with Gasteiger partial charge in [0.25, 0.3) is 5.91 Å². The Bertz CT molecular complexity index is 772. The van der Waals surface area contributed by atoms with E-state index in [-0.39, 0.29) is 5.91 Å². The van der Waals surface area contributed by atoms with Crippen LogP contribution in [0.3, 0.4) is 0 Å². The van der Waals surface area contributed by atoms with Crippen LogP contribution in [0.25, 0.3) is 11.6 Å². The zero-order valence-electron chi connectivity index (χ0n) is 12.2. The molecular formula is C16H17N3O2. The average Bonchev–Trinajstić information content (AvgIpc) is 2.91. The number of ether oxygens (including phenoxy) is 1. The topological polar surface area (TPSA) is 80.1 Å². The van der Waals surface area contributed by atoms with E-state index in [1.165, 1.54) is 0 Å². The van der Waals surface area contributed by atoms with Crippen LogP contribution in [0.2, 0.25) is 0 Å². The highest BCUT2D eigenvalue weighted by Crippen LogP contribution is 2.36. The zero-order chi connectivity index (χ0) is 15.1. The highest BCUT2D eigenvalue weighted by atomic mass is 16.5. The number of hydrogen-bond acceptors (Lipinski definition) is 3. The number of benzene rings is 1. The van der Waals surface area contributed by atoms with Gasteiger partial charge in [-0.05, 0) is 37.6 Å². The van der Waals surface area contributed by atoms with E-state index in [1.54, 1.807) is 7.11 Å². The third-order valence-corrected chi connectivity index (χ3v) is 3.83. The van der Waals surface area contributed by atoms with E-state index in [4.69, 9.17) is 10.5 Å². The molecule has 1 aliphatic heterocycles. The lowest BCUT2D eigenvalue weighted by Crippen LogP contribution is -2.03. The first-order valence-corrected chi connectivity index (χ1v) is 6.67. The van der Waals surface area contributed by atoms with Gasteiger partial charge in [0.15, 0.2) is 0 Å². The van der Waals surface area contributed by atoms with Gasteiger partial charge in [-0.1, -0.05) is 0 Å².